The first-order valence-electron chi connectivity index (χ1n) is 10.2. The van der Waals surface area contributed by atoms with Crippen molar-refractivity contribution in [2.75, 3.05) is 56.4 Å². The zero-order chi connectivity index (χ0) is 22.8. The predicted octanol–water partition coefficient (Wildman–Crippen LogP) is 3.03. The van der Waals surface area contributed by atoms with E-state index in [-0.39, 0.29) is 0 Å². The molecular weight excluding hydrogens is 376 g/mol. The molecule has 0 aliphatic rings. The van der Waals surface area contributed by atoms with Gasteiger partial charge in [0.1, 0.15) is 11.5 Å². The van der Waals surface area contributed by atoms with Gasteiger partial charge >= 0.3 is 0 Å². The Morgan fingerprint density at radius 1 is 0.533 bits per heavy atom. The van der Waals surface area contributed by atoms with Gasteiger partial charge in [-0.1, -0.05) is 12.1 Å². The smallest absolute Gasteiger partial charge is 0.124 e. The molecule has 0 aliphatic heterocycles. The van der Waals surface area contributed by atoms with E-state index < -0.39 is 0 Å². The number of benzene rings is 2. The number of aromatic hydroxyl groups is 2. The fourth-order valence-electron chi connectivity index (χ4n) is 3.18. The van der Waals surface area contributed by atoms with E-state index in [4.69, 9.17) is 5.11 Å². The highest BCUT2D eigenvalue weighted by atomic mass is 16.3. The minimum absolute atomic E-state index is 0.326. The summed E-state index contributed by atoms with van der Waals surface area (Å²) in [4.78, 5) is 8.39. The highest BCUT2D eigenvalue weighted by molar-refractivity contribution is 5.44. The van der Waals surface area contributed by atoms with Crippen LogP contribution in [0.5, 0.6) is 11.5 Å². The van der Waals surface area contributed by atoms with Gasteiger partial charge in [0.05, 0.1) is 0 Å². The monoisotopic (exact) mass is 416 g/mol. The van der Waals surface area contributed by atoms with Crippen LogP contribution in [0.3, 0.4) is 0 Å². The Morgan fingerprint density at radius 3 is 1.27 bits per heavy atom. The third-order valence-electron chi connectivity index (χ3n) is 4.23. The second-order valence-electron chi connectivity index (χ2n) is 8.88. The second kappa shape index (κ2) is 12.5. The topological polar surface area (TPSA) is 53.4 Å². The molecule has 168 valence electrons. The SMILES string of the molecule is CN(C)Cc1cc(CN(C)C)c(O)c(CN(C)C)c1.CN(C)Cc1ccc(O)cc1. The number of nitrogens with zero attached hydrogens (tertiary/aromatic N) is 4. The number of hydrogen-bond donors (Lipinski definition) is 2. The van der Waals surface area contributed by atoms with Gasteiger partial charge in [0, 0.05) is 37.3 Å². The lowest BCUT2D eigenvalue weighted by Crippen LogP contribution is -2.16. The van der Waals surface area contributed by atoms with E-state index in [0.717, 1.165) is 37.3 Å². The molecule has 0 aromatic heterocycles. The van der Waals surface area contributed by atoms with Crippen LogP contribution in [0, 0.1) is 0 Å². The molecule has 30 heavy (non-hydrogen) atoms. The summed E-state index contributed by atoms with van der Waals surface area (Å²) in [7, 11) is 16.2. The predicted molar refractivity (Wildman–Crippen MR) is 126 cm³/mol. The average molecular weight is 417 g/mol. The van der Waals surface area contributed by atoms with E-state index in [1.807, 2.05) is 54.4 Å². The van der Waals surface area contributed by atoms with Crippen molar-refractivity contribution in [1.29, 1.82) is 0 Å². The largest absolute Gasteiger partial charge is 0.508 e. The van der Waals surface area contributed by atoms with E-state index in [0.29, 0.717) is 11.5 Å². The number of phenols is 2. The van der Waals surface area contributed by atoms with Crippen molar-refractivity contribution in [2.24, 2.45) is 0 Å². The molecule has 0 atom stereocenters. The molecule has 0 heterocycles. The molecule has 0 amide bonds. The van der Waals surface area contributed by atoms with Crippen molar-refractivity contribution in [3.05, 3.63) is 58.7 Å². The maximum absolute atomic E-state index is 10.4. The Labute approximate surface area is 183 Å². The molecule has 0 radical (unpaired) electrons. The zero-order valence-electron chi connectivity index (χ0n) is 20.0. The number of rotatable bonds is 8. The fourth-order valence-corrected chi connectivity index (χ4v) is 3.18. The molecule has 0 spiro atoms. The third kappa shape index (κ3) is 10.1. The Kier molecular flexibility index (Phi) is 10.8. The molecule has 0 unspecified atom stereocenters. The summed E-state index contributed by atoms with van der Waals surface area (Å²) in [5.41, 5.74) is 4.46. The molecule has 0 saturated carbocycles. The maximum atomic E-state index is 10.4. The summed E-state index contributed by atoms with van der Waals surface area (Å²) < 4.78 is 0. The first-order chi connectivity index (χ1) is 14.0. The summed E-state index contributed by atoms with van der Waals surface area (Å²) in [6.07, 6.45) is 0. The lowest BCUT2D eigenvalue weighted by atomic mass is 10.0. The minimum Gasteiger partial charge on any atom is -0.508 e. The van der Waals surface area contributed by atoms with Gasteiger partial charge in [0.15, 0.2) is 0 Å². The summed E-state index contributed by atoms with van der Waals surface area (Å²) in [5, 5.41) is 19.4. The zero-order valence-corrected chi connectivity index (χ0v) is 20.0. The molecule has 0 bridgehead atoms. The Balaban J connectivity index is 0.000000346. The molecule has 6 nitrogen and oxygen atoms in total. The van der Waals surface area contributed by atoms with Gasteiger partial charge in [-0.25, -0.2) is 0 Å². The van der Waals surface area contributed by atoms with Gasteiger partial charge in [-0.05, 0) is 91.8 Å². The minimum atomic E-state index is 0.326. The number of hydrogen-bond acceptors (Lipinski definition) is 6. The lowest BCUT2D eigenvalue weighted by Gasteiger charge is -2.19. The highest BCUT2D eigenvalue weighted by Crippen LogP contribution is 2.27. The number of phenolic OH excluding ortho intramolecular Hbond substituents is 2. The second-order valence-corrected chi connectivity index (χ2v) is 8.88. The normalized spacial score (nSPS) is 11.3. The van der Waals surface area contributed by atoms with Crippen LogP contribution in [0.25, 0.3) is 0 Å². The summed E-state index contributed by atoms with van der Waals surface area (Å²) >= 11 is 0. The van der Waals surface area contributed by atoms with Crippen LogP contribution in [0.4, 0.5) is 0 Å². The van der Waals surface area contributed by atoms with Gasteiger partial charge in [-0.2, -0.15) is 0 Å². The third-order valence-corrected chi connectivity index (χ3v) is 4.23. The average Bonchev–Trinajstić information content (AvgIpc) is 2.60. The van der Waals surface area contributed by atoms with E-state index in [1.165, 1.54) is 11.1 Å². The van der Waals surface area contributed by atoms with Crippen LogP contribution in [0.1, 0.15) is 22.3 Å². The van der Waals surface area contributed by atoms with E-state index in [1.54, 1.807) is 12.1 Å². The molecule has 0 fully saturated rings. The van der Waals surface area contributed by atoms with Crippen LogP contribution in [-0.2, 0) is 26.2 Å². The molecule has 0 saturated heterocycles. The van der Waals surface area contributed by atoms with Crippen molar-refractivity contribution < 1.29 is 10.2 Å². The van der Waals surface area contributed by atoms with Gasteiger partial charge in [0.2, 0.25) is 0 Å². The van der Waals surface area contributed by atoms with Gasteiger partial charge in [-0.3, -0.25) is 0 Å². The Bertz CT molecular complexity index is 725. The van der Waals surface area contributed by atoms with Crippen LogP contribution >= 0.6 is 0 Å². The Morgan fingerprint density at radius 2 is 0.900 bits per heavy atom. The van der Waals surface area contributed by atoms with Crippen molar-refractivity contribution in [3.8, 4) is 11.5 Å². The summed E-state index contributed by atoms with van der Waals surface area (Å²) in [5.74, 6) is 0.761. The van der Waals surface area contributed by atoms with Crippen molar-refractivity contribution >= 4 is 0 Å². The Hall–Kier alpha value is -2.12. The molecule has 2 N–H and O–H groups in total. The van der Waals surface area contributed by atoms with Crippen molar-refractivity contribution in [2.45, 2.75) is 26.2 Å². The van der Waals surface area contributed by atoms with E-state index in [9.17, 15) is 5.11 Å². The maximum Gasteiger partial charge on any atom is 0.124 e. The molecule has 0 aliphatic carbocycles. The van der Waals surface area contributed by atoms with Crippen molar-refractivity contribution in [3.63, 3.8) is 0 Å². The molecule has 2 aromatic carbocycles. The van der Waals surface area contributed by atoms with E-state index in [2.05, 4.69) is 45.8 Å². The van der Waals surface area contributed by atoms with Gasteiger partial charge < -0.3 is 29.8 Å². The van der Waals surface area contributed by atoms with Crippen LogP contribution in [-0.4, -0.2) is 86.2 Å². The van der Waals surface area contributed by atoms with E-state index >= 15 is 0 Å². The standard InChI is InChI=1S/C15H27N3O.C9H13NO/c1-16(2)9-12-7-13(10-17(3)4)15(19)14(8-12)11-18(5)6;1-10(2)7-8-3-5-9(11)6-4-8/h7-8,19H,9-11H2,1-6H3;3-6,11H,7H2,1-2H3. The van der Waals surface area contributed by atoms with Crippen LogP contribution in [0.15, 0.2) is 36.4 Å². The molecule has 6 heteroatoms. The molecule has 2 rings (SSSR count). The summed E-state index contributed by atoms with van der Waals surface area (Å²) in [6.45, 7) is 3.32. The highest BCUT2D eigenvalue weighted by Gasteiger charge is 2.12. The van der Waals surface area contributed by atoms with Gasteiger partial charge in [-0.15, -0.1) is 0 Å². The quantitative estimate of drug-likeness (QED) is 0.690. The first kappa shape index (κ1) is 25.9. The van der Waals surface area contributed by atoms with Crippen LogP contribution in [0.2, 0.25) is 0 Å². The lowest BCUT2D eigenvalue weighted by molar-refractivity contribution is 0.365. The fraction of sp³-hybridized carbons (Fsp3) is 0.500. The van der Waals surface area contributed by atoms with Gasteiger partial charge in [0.25, 0.3) is 0 Å². The molecule has 2 aromatic rings. The molecular formula is C24H40N4O2. The van der Waals surface area contributed by atoms with Crippen LogP contribution < -0.4 is 0 Å². The summed E-state index contributed by atoms with van der Waals surface area (Å²) in [6, 6.07) is 11.5. The van der Waals surface area contributed by atoms with Crippen molar-refractivity contribution in [1.82, 2.24) is 19.6 Å². The first-order valence-corrected chi connectivity index (χ1v) is 10.2.